The van der Waals surface area contributed by atoms with Gasteiger partial charge in [-0.2, -0.15) is 0 Å². The molecule has 2 atom stereocenters. The van der Waals surface area contributed by atoms with Crippen LogP contribution in [0.25, 0.3) is 0 Å². The Morgan fingerprint density at radius 1 is 1.37 bits per heavy atom. The summed E-state index contributed by atoms with van der Waals surface area (Å²) >= 11 is 0. The molecule has 1 amide bonds. The highest BCUT2D eigenvalue weighted by Crippen LogP contribution is 2.19. The third kappa shape index (κ3) is 3.93. The van der Waals surface area contributed by atoms with E-state index in [2.05, 4.69) is 17.5 Å². The number of nitrogens with one attached hydrogen (secondary N) is 1. The van der Waals surface area contributed by atoms with E-state index in [1.54, 1.807) is 7.11 Å². The first-order valence-electron chi connectivity index (χ1n) is 6.81. The van der Waals surface area contributed by atoms with Crippen LogP contribution in [-0.2, 0) is 9.53 Å². The van der Waals surface area contributed by atoms with Crippen LogP contribution in [0.3, 0.4) is 0 Å². The number of carbonyl (C=O) groups excluding carboxylic acids is 1. The summed E-state index contributed by atoms with van der Waals surface area (Å²) in [5.74, 6) is 0.505. The molecule has 1 N–H and O–H groups in total. The van der Waals surface area contributed by atoms with Crippen molar-refractivity contribution in [1.82, 2.24) is 5.32 Å². The van der Waals surface area contributed by atoms with Crippen molar-refractivity contribution in [3.63, 3.8) is 0 Å². The normalized spacial score (nSPS) is 19.9. The zero-order valence-electron chi connectivity index (χ0n) is 11.3. The maximum Gasteiger partial charge on any atom is 0.253 e. The highest BCUT2D eigenvalue weighted by Gasteiger charge is 2.20. The molecule has 1 aliphatic carbocycles. The number of ether oxygens (including phenoxy) is 1. The Labute approximate surface area is 114 Å². The Bertz CT molecular complexity index is 428. The molecule has 2 rings (SSSR count). The molecule has 0 spiro atoms. The van der Waals surface area contributed by atoms with Gasteiger partial charge in [-0.05, 0) is 30.7 Å². The minimum atomic E-state index is -0.514. The Morgan fingerprint density at radius 2 is 2.16 bits per heavy atom. The van der Waals surface area contributed by atoms with Crippen molar-refractivity contribution in [1.29, 1.82) is 0 Å². The first-order chi connectivity index (χ1) is 9.31. The number of methoxy groups -OCH3 is 1. The minimum Gasteiger partial charge on any atom is -0.367 e. The van der Waals surface area contributed by atoms with Gasteiger partial charge in [0.2, 0.25) is 0 Å². The summed E-state index contributed by atoms with van der Waals surface area (Å²) in [5.41, 5.74) is 0.894. The van der Waals surface area contributed by atoms with Crippen LogP contribution in [-0.4, -0.2) is 19.6 Å². The van der Waals surface area contributed by atoms with E-state index in [0.717, 1.165) is 31.4 Å². The van der Waals surface area contributed by atoms with Gasteiger partial charge in [0.25, 0.3) is 5.91 Å². The van der Waals surface area contributed by atoms with Crippen LogP contribution in [0.15, 0.2) is 42.5 Å². The van der Waals surface area contributed by atoms with Gasteiger partial charge in [-0.3, -0.25) is 4.79 Å². The van der Waals surface area contributed by atoms with Crippen molar-refractivity contribution in [2.24, 2.45) is 5.92 Å². The van der Waals surface area contributed by atoms with Crippen LogP contribution < -0.4 is 5.32 Å². The standard InChI is InChI=1S/C16H21NO2/c1-19-15(14-10-6-3-7-11-14)16(18)17-12-13-8-4-2-5-9-13/h2-4,6-7,10-11,13,15H,5,8-9,12H2,1H3,(H,17,18). The second-order valence-electron chi connectivity index (χ2n) is 4.92. The quantitative estimate of drug-likeness (QED) is 0.826. The van der Waals surface area contributed by atoms with Gasteiger partial charge in [-0.15, -0.1) is 0 Å². The lowest BCUT2D eigenvalue weighted by Crippen LogP contribution is -2.34. The van der Waals surface area contributed by atoms with E-state index >= 15 is 0 Å². The number of carbonyl (C=O) groups is 1. The molecule has 0 bridgehead atoms. The summed E-state index contributed by atoms with van der Waals surface area (Å²) in [6.45, 7) is 0.732. The Morgan fingerprint density at radius 3 is 2.79 bits per heavy atom. The first-order valence-corrected chi connectivity index (χ1v) is 6.81. The molecule has 0 saturated heterocycles. The molecule has 1 aromatic carbocycles. The average Bonchev–Trinajstić information content (AvgIpc) is 2.48. The smallest absolute Gasteiger partial charge is 0.253 e. The minimum absolute atomic E-state index is 0.0525. The molecule has 0 aliphatic heterocycles. The lowest BCUT2D eigenvalue weighted by Gasteiger charge is -2.20. The van der Waals surface area contributed by atoms with E-state index in [4.69, 9.17) is 4.74 Å². The zero-order valence-corrected chi connectivity index (χ0v) is 11.3. The van der Waals surface area contributed by atoms with E-state index in [9.17, 15) is 4.79 Å². The summed E-state index contributed by atoms with van der Waals surface area (Å²) in [6, 6.07) is 9.60. The number of rotatable bonds is 5. The van der Waals surface area contributed by atoms with E-state index < -0.39 is 6.10 Å². The second-order valence-corrected chi connectivity index (χ2v) is 4.92. The Balaban J connectivity index is 1.88. The number of hydrogen-bond donors (Lipinski definition) is 1. The molecule has 19 heavy (non-hydrogen) atoms. The van der Waals surface area contributed by atoms with Crippen molar-refractivity contribution in [2.75, 3.05) is 13.7 Å². The van der Waals surface area contributed by atoms with Gasteiger partial charge in [0.05, 0.1) is 0 Å². The fraction of sp³-hybridized carbons (Fsp3) is 0.438. The first kappa shape index (κ1) is 13.8. The monoisotopic (exact) mass is 259 g/mol. The number of benzene rings is 1. The van der Waals surface area contributed by atoms with Gasteiger partial charge < -0.3 is 10.1 Å². The largest absolute Gasteiger partial charge is 0.367 e. The van der Waals surface area contributed by atoms with Crippen molar-refractivity contribution < 1.29 is 9.53 Å². The predicted octanol–water partition coefficient (Wildman–Crippen LogP) is 2.85. The predicted molar refractivity (Wildman–Crippen MR) is 75.7 cm³/mol. The fourth-order valence-electron chi connectivity index (χ4n) is 2.40. The van der Waals surface area contributed by atoms with Gasteiger partial charge in [0.1, 0.15) is 0 Å². The molecule has 1 aliphatic rings. The van der Waals surface area contributed by atoms with Crippen molar-refractivity contribution in [2.45, 2.75) is 25.4 Å². The molecule has 3 nitrogen and oxygen atoms in total. The molecule has 0 aromatic heterocycles. The van der Waals surface area contributed by atoms with Crippen molar-refractivity contribution >= 4 is 5.91 Å². The molecule has 1 aromatic rings. The van der Waals surface area contributed by atoms with Gasteiger partial charge in [-0.1, -0.05) is 42.5 Å². The lowest BCUT2D eigenvalue weighted by atomic mass is 9.94. The van der Waals surface area contributed by atoms with Crippen LogP contribution in [0.4, 0.5) is 0 Å². The SMILES string of the molecule is COC(C(=O)NCC1CC=CCC1)c1ccccc1. The molecule has 0 fully saturated rings. The van der Waals surface area contributed by atoms with E-state index in [1.807, 2.05) is 30.3 Å². The maximum atomic E-state index is 12.2. The summed E-state index contributed by atoms with van der Waals surface area (Å²) in [4.78, 5) is 12.2. The number of allylic oxidation sites excluding steroid dienone is 2. The van der Waals surface area contributed by atoms with Gasteiger partial charge in [0, 0.05) is 13.7 Å². The van der Waals surface area contributed by atoms with Crippen molar-refractivity contribution in [3.8, 4) is 0 Å². The molecular formula is C16H21NO2. The molecule has 3 heteroatoms. The average molecular weight is 259 g/mol. The van der Waals surface area contributed by atoms with E-state index in [0.29, 0.717) is 5.92 Å². The van der Waals surface area contributed by atoms with Crippen LogP contribution in [0.1, 0.15) is 30.9 Å². The molecule has 2 unspecified atom stereocenters. The molecule has 0 radical (unpaired) electrons. The number of hydrogen-bond acceptors (Lipinski definition) is 2. The third-order valence-electron chi connectivity index (χ3n) is 3.52. The molecule has 102 valence electrons. The van der Waals surface area contributed by atoms with Gasteiger partial charge in [0.15, 0.2) is 6.10 Å². The van der Waals surface area contributed by atoms with Gasteiger partial charge >= 0.3 is 0 Å². The van der Waals surface area contributed by atoms with E-state index in [1.165, 1.54) is 0 Å². The Kier molecular flexibility index (Phi) is 5.16. The van der Waals surface area contributed by atoms with Crippen LogP contribution in [0.2, 0.25) is 0 Å². The maximum absolute atomic E-state index is 12.2. The van der Waals surface area contributed by atoms with Gasteiger partial charge in [-0.25, -0.2) is 0 Å². The Hall–Kier alpha value is -1.61. The van der Waals surface area contributed by atoms with Crippen LogP contribution in [0.5, 0.6) is 0 Å². The van der Waals surface area contributed by atoms with Crippen molar-refractivity contribution in [3.05, 3.63) is 48.0 Å². The lowest BCUT2D eigenvalue weighted by molar-refractivity contribution is -0.131. The summed E-state index contributed by atoms with van der Waals surface area (Å²) in [6.07, 6.45) is 7.22. The molecular weight excluding hydrogens is 238 g/mol. The zero-order chi connectivity index (χ0) is 13.5. The highest BCUT2D eigenvalue weighted by molar-refractivity contribution is 5.82. The van der Waals surface area contributed by atoms with Crippen LogP contribution >= 0.6 is 0 Å². The third-order valence-corrected chi connectivity index (χ3v) is 3.52. The second kappa shape index (κ2) is 7.10. The molecule has 0 saturated carbocycles. The topological polar surface area (TPSA) is 38.3 Å². The van der Waals surface area contributed by atoms with Crippen LogP contribution in [0, 0.1) is 5.92 Å². The van der Waals surface area contributed by atoms with E-state index in [-0.39, 0.29) is 5.91 Å². The number of amides is 1. The summed E-state index contributed by atoms with van der Waals surface area (Å²) in [7, 11) is 1.57. The summed E-state index contributed by atoms with van der Waals surface area (Å²) < 4.78 is 5.31. The summed E-state index contributed by atoms with van der Waals surface area (Å²) in [5, 5.41) is 3.00. The molecule has 0 heterocycles. The highest BCUT2D eigenvalue weighted by atomic mass is 16.5. The fourth-order valence-corrected chi connectivity index (χ4v) is 2.40.